The van der Waals surface area contributed by atoms with Crippen LogP contribution in [0.15, 0.2) is 12.1 Å². The number of halogens is 1. The van der Waals surface area contributed by atoms with Gasteiger partial charge in [-0.15, -0.1) is 0 Å². The van der Waals surface area contributed by atoms with E-state index in [1.165, 1.54) is 19.2 Å². The van der Waals surface area contributed by atoms with E-state index in [-0.39, 0.29) is 22.4 Å². The molecule has 0 aliphatic carbocycles. The smallest absolute Gasteiger partial charge is 0.254 e. The zero-order valence-corrected chi connectivity index (χ0v) is 8.54. The summed E-state index contributed by atoms with van der Waals surface area (Å²) < 4.78 is 4.88. The Morgan fingerprint density at radius 3 is 2.67 bits per heavy atom. The quantitative estimate of drug-likeness (QED) is 0.578. The lowest BCUT2D eigenvalue weighted by Crippen LogP contribution is -2.03. The number of hydrogen-bond donors (Lipinski definition) is 0. The highest BCUT2D eigenvalue weighted by molar-refractivity contribution is 6.68. The predicted molar refractivity (Wildman–Crippen MR) is 53.3 cm³/mol. The standard InChI is InChI=1S/C10H6ClNO3/c1-15-8-3-2-6(4-12)9(10(11)14)7(8)5-13/h2-3,5H,1H3. The van der Waals surface area contributed by atoms with Crippen molar-refractivity contribution in [2.45, 2.75) is 0 Å². The third-order valence-electron chi connectivity index (χ3n) is 1.86. The van der Waals surface area contributed by atoms with Crippen LogP contribution in [0.1, 0.15) is 26.3 Å². The number of hydrogen-bond acceptors (Lipinski definition) is 4. The van der Waals surface area contributed by atoms with E-state index < -0.39 is 5.24 Å². The first kappa shape index (κ1) is 11.2. The van der Waals surface area contributed by atoms with Crippen molar-refractivity contribution in [3.05, 3.63) is 28.8 Å². The third-order valence-corrected chi connectivity index (χ3v) is 2.05. The van der Waals surface area contributed by atoms with E-state index in [2.05, 4.69) is 0 Å². The molecule has 0 saturated heterocycles. The maximum Gasteiger partial charge on any atom is 0.254 e. The van der Waals surface area contributed by atoms with Crippen LogP contribution in [0.25, 0.3) is 0 Å². The molecule has 0 aliphatic rings. The number of nitrogens with zero attached hydrogens (tertiary/aromatic N) is 1. The lowest BCUT2D eigenvalue weighted by Gasteiger charge is -2.07. The van der Waals surface area contributed by atoms with E-state index in [0.29, 0.717) is 6.29 Å². The number of methoxy groups -OCH3 is 1. The van der Waals surface area contributed by atoms with E-state index >= 15 is 0 Å². The van der Waals surface area contributed by atoms with Gasteiger partial charge in [-0.1, -0.05) is 0 Å². The van der Waals surface area contributed by atoms with Crippen molar-refractivity contribution in [2.75, 3.05) is 7.11 Å². The third kappa shape index (κ3) is 1.97. The highest BCUT2D eigenvalue weighted by Gasteiger charge is 2.18. The van der Waals surface area contributed by atoms with Gasteiger partial charge in [0.2, 0.25) is 0 Å². The van der Waals surface area contributed by atoms with Crippen molar-refractivity contribution < 1.29 is 14.3 Å². The van der Waals surface area contributed by atoms with Gasteiger partial charge in [0, 0.05) is 0 Å². The summed E-state index contributed by atoms with van der Waals surface area (Å²) in [5.74, 6) is 0.216. The SMILES string of the molecule is COc1ccc(C#N)c(C(=O)Cl)c1C=O. The second-order valence-electron chi connectivity index (χ2n) is 2.61. The second kappa shape index (κ2) is 4.58. The van der Waals surface area contributed by atoms with Gasteiger partial charge in [-0.3, -0.25) is 9.59 Å². The molecule has 0 spiro atoms. The molecule has 0 aromatic heterocycles. The van der Waals surface area contributed by atoms with Gasteiger partial charge >= 0.3 is 0 Å². The van der Waals surface area contributed by atoms with Gasteiger partial charge < -0.3 is 4.74 Å². The molecule has 0 unspecified atom stereocenters. The Bertz CT molecular complexity index is 462. The Labute approximate surface area is 91.0 Å². The molecule has 0 saturated carbocycles. The lowest BCUT2D eigenvalue weighted by molar-refractivity contribution is 0.106. The molecule has 1 aromatic rings. The summed E-state index contributed by atoms with van der Waals surface area (Å²) in [6.45, 7) is 0. The summed E-state index contributed by atoms with van der Waals surface area (Å²) in [7, 11) is 1.36. The average molecular weight is 224 g/mol. The fraction of sp³-hybridized carbons (Fsp3) is 0.100. The largest absolute Gasteiger partial charge is 0.496 e. The van der Waals surface area contributed by atoms with E-state index in [1.54, 1.807) is 6.07 Å². The first-order valence-corrected chi connectivity index (χ1v) is 4.29. The number of rotatable bonds is 3. The molecule has 0 fully saturated rings. The summed E-state index contributed by atoms with van der Waals surface area (Å²) in [6.07, 6.45) is 0.440. The van der Waals surface area contributed by atoms with Crippen molar-refractivity contribution >= 4 is 23.1 Å². The Kier molecular flexibility index (Phi) is 3.42. The number of carbonyl (C=O) groups excluding carboxylic acids is 2. The van der Waals surface area contributed by atoms with Gasteiger partial charge in [0.05, 0.1) is 29.9 Å². The maximum atomic E-state index is 11.1. The summed E-state index contributed by atoms with van der Waals surface area (Å²) in [4.78, 5) is 21.9. The Hall–Kier alpha value is -1.86. The van der Waals surface area contributed by atoms with Crippen molar-refractivity contribution in [1.82, 2.24) is 0 Å². The molecule has 0 aliphatic heterocycles. The molecule has 0 heterocycles. The summed E-state index contributed by atoms with van der Waals surface area (Å²) in [6, 6.07) is 4.60. The zero-order valence-electron chi connectivity index (χ0n) is 7.78. The van der Waals surface area contributed by atoms with Gasteiger partial charge in [0.1, 0.15) is 5.75 Å². The summed E-state index contributed by atoms with van der Waals surface area (Å²) in [5, 5.41) is 7.88. The molecule has 1 aromatic carbocycles. The molecule has 0 bridgehead atoms. The molecule has 76 valence electrons. The topological polar surface area (TPSA) is 67.2 Å². The molecular formula is C10H6ClNO3. The Morgan fingerprint density at radius 2 is 2.27 bits per heavy atom. The summed E-state index contributed by atoms with van der Waals surface area (Å²) in [5.41, 5.74) is -0.0667. The van der Waals surface area contributed by atoms with Gasteiger partial charge in [0.15, 0.2) is 6.29 Å². The number of benzene rings is 1. The minimum absolute atomic E-state index is 0.00319. The predicted octanol–water partition coefficient (Wildman–Crippen LogP) is 1.76. The Balaban J connectivity index is 3.60. The van der Waals surface area contributed by atoms with Crippen LogP contribution in [0, 0.1) is 11.3 Å². The molecular weight excluding hydrogens is 218 g/mol. The molecule has 15 heavy (non-hydrogen) atoms. The average Bonchev–Trinajstić information content (AvgIpc) is 2.26. The normalized spacial score (nSPS) is 9.13. The fourth-order valence-electron chi connectivity index (χ4n) is 1.20. The minimum atomic E-state index is -0.854. The van der Waals surface area contributed by atoms with E-state index in [1.807, 2.05) is 0 Å². The van der Waals surface area contributed by atoms with Crippen LogP contribution in [0.5, 0.6) is 5.75 Å². The van der Waals surface area contributed by atoms with Crippen molar-refractivity contribution in [2.24, 2.45) is 0 Å². The van der Waals surface area contributed by atoms with E-state index in [0.717, 1.165) is 0 Å². The number of carbonyl (C=O) groups is 2. The van der Waals surface area contributed by atoms with E-state index in [9.17, 15) is 9.59 Å². The molecule has 1 rings (SSSR count). The maximum absolute atomic E-state index is 11.1. The summed E-state index contributed by atoms with van der Waals surface area (Å²) >= 11 is 5.30. The van der Waals surface area contributed by atoms with Gasteiger partial charge in [-0.05, 0) is 23.7 Å². The highest BCUT2D eigenvalue weighted by Crippen LogP contribution is 2.25. The molecule has 0 radical (unpaired) electrons. The van der Waals surface area contributed by atoms with Crippen molar-refractivity contribution in [3.63, 3.8) is 0 Å². The van der Waals surface area contributed by atoms with Crippen LogP contribution < -0.4 is 4.74 Å². The molecule has 0 atom stereocenters. The van der Waals surface area contributed by atoms with Crippen LogP contribution in [0.3, 0.4) is 0 Å². The van der Waals surface area contributed by atoms with Gasteiger partial charge in [-0.25, -0.2) is 0 Å². The van der Waals surface area contributed by atoms with Crippen molar-refractivity contribution in [1.29, 1.82) is 5.26 Å². The zero-order chi connectivity index (χ0) is 11.4. The van der Waals surface area contributed by atoms with Crippen LogP contribution in [-0.2, 0) is 0 Å². The van der Waals surface area contributed by atoms with Gasteiger partial charge in [0.25, 0.3) is 5.24 Å². The van der Waals surface area contributed by atoms with E-state index in [4.69, 9.17) is 21.6 Å². The van der Waals surface area contributed by atoms with Gasteiger partial charge in [-0.2, -0.15) is 5.26 Å². The van der Waals surface area contributed by atoms with Crippen LogP contribution in [0.2, 0.25) is 0 Å². The van der Waals surface area contributed by atoms with Crippen LogP contribution in [-0.4, -0.2) is 18.6 Å². The second-order valence-corrected chi connectivity index (χ2v) is 2.95. The number of aldehydes is 1. The number of ether oxygens (including phenoxy) is 1. The molecule has 5 heteroatoms. The fourth-order valence-corrected chi connectivity index (χ4v) is 1.40. The van der Waals surface area contributed by atoms with Crippen LogP contribution in [0.4, 0.5) is 0 Å². The Morgan fingerprint density at radius 1 is 1.60 bits per heavy atom. The number of nitriles is 1. The lowest BCUT2D eigenvalue weighted by atomic mass is 10.0. The monoisotopic (exact) mass is 223 g/mol. The first-order valence-electron chi connectivity index (χ1n) is 3.91. The highest BCUT2D eigenvalue weighted by atomic mass is 35.5. The molecule has 0 amide bonds. The minimum Gasteiger partial charge on any atom is -0.496 e. The van der Waals surface area contributed by atoms with Crippen LogP contribution >= 0.6 is 11.6 Å². The molecule has 0 N–H and O–H groups in total. The molecule has 4 nitrogen and oxygen atoms in total. The first-order chi connectivity index (χ1) is 7.15. The van der Waals surface area contributed by atoms with Crippen molar-refractivity contribution in [3.8, 4) is 11.8 Å².